The number of aliphatic hydroxyl groups excluding tert-OH is 1. The molecule has 0 radical (unpaired) electrons. The first-order valence-corrected chi connectivity index (χ1v) is 7.02. The van der Waals surface area contributed by atoms with E-state index >= 15 is 0 Å². The van der Waals surface area contributed by atoms with E-state index < -0.39 is 6.10 Å². The molecule has 102 valence electrons. The fraction of sp³-hybridized carbons (Fsp3) is 0.357. The molecule has 0 amide bonds. The minimum absolute atomic E-state index is 0.425. The summed E-state index contributed by atoms with van der Waals surface area (Å²) in [5.74, 6) is 1.49. The fourth-order valence-corrected chi connectivity index (χ4v) is 2.41. The van der Waals surface area contributed by atoms with Crippen molar-refractivity contribution in [2.24, 2.45) is 0 Å². The van der Waals surface area contributed by atoms with Gasteiger partial charge in [0.2, 0.25) is 0 Å². The van der Waals surface area contributed by atoms with Crippen LogP contribution >= 0.6 is 11.8 Å². The fourth-order valence-electron chi connectivity index (χ4n) is 1.63. The zero-order valence-electron chi connectivity index (χ0n) is 11.0. The quantitative estimate of drug-likeness (QED) is 0.823. The van der Waals surface area contributed by atoms with Crippen LogP contribution in [-0.4, -0.2) is 17.4 Å². The van der Waals surface area contributed by atoms with Crippen molar-refractivity contribution in [2.45, 2.75) is 30.3 Å². The molecule has 0 saturated heterocycles. The minimum Gasteiger partial charge on any atom is -0.389 e. The van der Waals surface area contributed by atoms with Crippen LogP contribution < -0.4 is 0 Å². The van der Waals surface area contributed by atoms with Gasteiger partial charge in [-0.15, -0.1) is 11.8 Å². The van der Waals surface area contributed by atoms with Gasteiger partial charge in [-0.1, -0.05) is 17.3 Å². The van der Waals surface area contributed by atoms with E-state index in [0.717, 1.165) is 27.7 Å². The Kier molecular flexibility index (Phi) is 5.01. The Bertz CT molecular complexity index is 508. The van der Waals surface area contributed by atoms with Crippen molar-refractivity contribution in [3.8, 4) is 0 Å². The minimum atomic E-state index is -0.425. The largest absolute Gasteiger partial charge is 0.389 e. The molecular weight excluding hydrogens is 262 g/mol. The second-order valence-electron chi connectivity index (χ2n) is 4.25. The zero-order valence-corrected chi connectivity index (χ0v) is 11.8. The zero-order chi connectivity index (χ0) is 13.7. The van der Waals surface area contributed by atoms with Crippen molar-refractivity contribution in [3.05, 3.63) is 47.3 Å². The van der Waals surface area contributed by atoms with Crippen LogP contribution in [-0.2, 0) is 17.1 Å². The van der Waals surface area contributed by atoms with Gasteiger partial charge in [0.05, 0.1) is 11.8 Å². The van der Waals surface area contributed by atoms with Crippen LogP contribution in [0.3, 0.4) is 0 Å². The second kappa shape index (κ2) is 6.75. The molecule has 1 heterocycles. The third-order valence-corrected chi connectivity index (χ3v) is 3.69. The summed E-state index contributed by atoms with van der Waals surface area (Å²) in [7, 11) is 1.63. The van der Waals surface area contributed by atoms with E-state index in [1.807, 2.05) is 30.3 Å². The number of thioether (sulfide) groups is 1. The van der Waals surface area contributed by atoms with Crippen molar-refractivity contribution in [2.75, 3.05) is 7.11 Å². The van der Waals surface area contributed by atoms with Crippen LogP contribution in [0.25, 0.3) is 0 Å². The van der Waals surface area contributed by atoms with Gasteiger partial charge in [0, 0.05) is 23.8 Å². The smallest absolute Gasteiger partial charge is 0.162 e. The Hall–Kier alpha value is -1.30. The summed E-state index contributed by atoms with van der Waals surface area (Å²) in [6, 6.07) is 9.78. The topological polar surface area (TPSA) is 55.5 Å². The molecule has 0 spiro atoms. The highest BCUT2D eigenvalue weighted by molar-refractivity contribution is 7.98. The summed E-state index contributed by atoms with van der Waals surface area (Å²) >= 11 is 1.68. The van der Waals surface area contributed by atoms with Crippen LogP contribution in [0.1, 0.15) is 30.0 Å². The first-order chi connectivity index (χ1) is 9.19. The SMILES string of the molecule is COCc1cc(CSc2ccc(C(C)O)cc2)no1. The van der Waals surface area contributed by atoms with Crippen molar-refractivity contribution < 1.29 is 14.4 Å². The van der Waals surface area contributed by atoms with E-state index in [2.05, 4.69) is 5.16 Å². The van der Waals surface area contributed by atoms with Crippen LogP contribution in [0.2, 0.25) is 0 Å². The van der Waals surface area contributed by atoms with E-state index in [9.17, 15) is 5.11 Å². The van der Waals surface area contributed by atoms with Crippen molar-refractivity contribution in [3.63, 3.8) is 0 Å². The maximum absolute atomic E-state index is 9.43. The van der Waals surface area contributed by atoms with Crippen LogP contribution in [0.15, 0.2) is 39.8 Å². The van der Waals surface area contributed by atoms with Gasteiger partial charge in [0.15, 0.2) is 5.76 Å². The van der Waals surface area contributed by atoms with E-state index in [0.29, 0.717) is 6.61 Å². The van der Waals surface area contributed by atoms with Gasteiger partial charge in [0.1, 0.15) is 6.61 Å². The molecule has 1 aromatic carbocycles. The van der Waals surface area contributed by atoms with Crippen LogP contribution in [0.5, 0.6) is 0 Å². The van der Waals surface area contributed by atoms with Crippen molar-refractivity contribution in [1.82, 2.24) is 5.16 Å². The van der Waals surface area contributed by atoms with E-state index in [1.165, 1.54) is 0 Å². The van der Waals surface area contributed by atoms with Crippen molar-refractivity contribution >= 4 is 11.8 Å². The van der Waals surface area contributed by atoms with E-state index in [-0.39, 0.29) is 0 Å². The Morgan fingerprint density at radius 3 is 2.74 bits per heavy atom. The first-order valence-electron chi connectivity index (χ1n) is 6.03. The predicted molar refractivity (Wildman–Crippen MR) is 73.9 cm³/mol. The molecule has 2 rings (SSSR count). The average molecular weight is 279 g/mol. The third-order valence-electron chi connectivity index (χ3n) is 2.64. The molecule has 0 fully saturated rings. The molecule has 1 N–H and O–H groups in total. The van der Waals surface area contributed by atoms with Gasteiger partial charge in [-0.2, -0.15) is 0 Å². The van der Waals surface area contributed by atoms with Crippen LogP contribution in [0, 0.1) is 0 Å². The van der Waals surface area contributed by atoms with Gasteiger partial charge in [-0.25, -0.2) is 0 Å². The first kappa shape index (κ1) is 14.1. The predicted octanol–water partition coefficient (Wildman–Crippen LogP) is 3.17. The summed E-state index contributed by atoms with van der Waals surface area (Å²) in [4.78, 5) is 1.14. The summed E-state index contributed by atoms with van der Waals surface area (Å²) in [6.07, 6.45) is -0.425. The Balaban J connectivity index is 1.90. The maximum atomic E-state index is 9.43. The molecule has 0 bridgehead atoms. The standard InChI is InChI=1S/C14H17NO3S/c1-10(16)11-3-5-14(6-4-11)19-9-12-7-13(8-17-2)18-15-12/h3-7,10,16H,8-9H2,1-2H3. The van der Waals surface area contributed by atoms with E-state index in [4.69, 9.17) is 9.26 Å². The Morgan fingerprint density at radius 2 is 2.11 bits per heavy atom. The molecule has 0 saturated carbocycles. The molecule has 0 aliphatic heterocycles. The molecule has 5 heteroatoms. The Morgan fingerprint density at radius 1 is 1.37 bits per heavy atom. The monoisotopic (exact) mass is 279 g/mol. The number of benzene rings is 1. The van der Waals surface area contributed by atoms with Gasteiger partial charge in [-0.3, -0.25) is 0 Å². The lowest BCUT2D eigenvalue weighted by molar-refractivity contribution is 0.156. The number of hydrogen-bond donors (Lipinski definition) is 1. The lowest BCUT2D eigenvalue weighted by atomic mass is 10.1. The number of aliphatic hydroxyl groups is 1. The lowest BCUT2D eigenvalue weighted by Crippen LogP contribution is -1.89. The number of nitrogens with zero attached hydrogens (tertiary/aromatic N) is 1. The molecule has 19 heavy (non-hydrogen) atoms. The summed E-state index contributed by atoms with van der Waals surface area (Å²) in [5, 5.41) is 13.4. The van der Waals surface area contributed by atoms with Gasteiger partial charge < -0.3 is 14.4 Å². The molecule has 4 nitrogen and oxygen atoms in total. The maximum Gasteiger partial charge on any atom is 0.162 e. The van der Waals surface area contributed by atoms with Crippen LogP contribution in [0.4, 0.5) is 0 Å². The molecule has 0 aliphatic carbocycles. The number of methoxy groups -OCH3 is 1. The summed E-state index contributed by atoms with van der Waals surface area (Å²) in [5.41, 5.74) is 1.82. The van der Waals surface area contributed by atoms with E-state index in [1.54, 1.807) is 25.8 Å². The number of ether oxygens (including phenoxy) is 1. The highest BCUT2D eigenvalue weighted by Crippen LogP contribution is 2.24. The molecule has 1 atom stereocenters. The normalized spacial score (nSPS) is 12.6. The number of aromatic nitrogens is 1. The van der Waals surface area contributed by atoms with Gasteiger partial charge >= 0.3 is 0 Å². The summed E-state index contributed by atoms with van der Waals surface area (Å²) < 4.78 is 10.1. The number of rotatable bonds is 6. The average Bonchev–Trinajstić information content (AvgIpc) is 2.85. The van der Waals surface area contributed by atoms with Crippen molar-refractivity contribution in [1.29, 1.82) is 0 Å². The Labute approximate surface area is 116 Å². The van der Waals surface area contributed by atoms with Gasteiger partial charge in [0.25, 0.3) is 0 Å². The molecular formula is C14H17NO3S. The summed E-state index contributed by atoms with van der Waals surface area (Å²) in [6.45, 7) is 2.20. The third kappa shape index (κ3) is 4.09. The molecule has 1 aromatic heterocycles. The molecule has 0 aliphatic rings. The second-order valence-corrected chi connectivity index (χ2v) is 5.30. The lowest BCUT2D eigenvalue weighted by Gasteiger charge is -2.05. The molecule has 2 aromatic rings. The highest BCUT2D eigenvalue weighted by Gasteiger charge is 2.05. The number of hydrogen-bond acceptors (Lipinski definition) is 5. The van der Waals surface area contributed by atoms with Gasteiger partial charge in [-0.05, 0) is 24.6 Å². The molecule has 1 unspecified atom stereocenters. The highest BCUT2D eigenvalue weighted by atomic mass is 32.2.